The fraction of sp³-hybridized carbons (Fsp3) is 0.462. The summed E-state index contributed by atoms with van der Waals surface area (Å²) in [5.41, 5.74) is 0.565. The Morgan fingerprint density at radius 2 is 2.22 bits per heavy atom. The van der Waals surface area contributed by atoms with Gasteiger partial charge >= 0.3 is 5.69 Å². The van der Waals surface area contributed by atoms with Crippen LogP contribution in [0, 0.1) is 17.0 Å². The summed E-state index contributed by atoms with van der Waals surface area (Å²) in [6.07, 6.45) is 2.28. The van der Waals surface area contributed by atoms with Crippen LogP contribution in [0.5, 0.6) is 5.75 Å². The van der Waals surface area contributed by atoms with Crippen LogP contribution in [0.4, 0.5) is 5.69 Å². The zero-order chi connectivity index (χ0) is 13.1. The lowest BCUT2D eigenvalue weighted by molar-refractivity contribution is -0.386. The van der Waals surface area contributed by atoms with Gasteiger partial charge in [0.2, 0.25) is 0 Å². The van der Waals surface area contributed by atoms with E-state index in [0.717, 1.165) is 12.8 Å². The Labute approximate surface area is 105 Å². The number of para-hydroxylation sites is 1. The minimum atomic E-state index is -0.435. The highest BCUT2D eigenvalue weighted by Gasteiger charge is 2.25. The number of aryl methyl sites for hydroxylation is 1. The number of Topliss-reactive ketones (excluding diaryl/α,β-unsaturated/α-hetero) is 1. The Morgan fingerprint density at radius 3 is 2.89 bits per heavy atom. The van der Waals surface area contributed by atoms with Gasteiger partial charge in [0.05, 0.1) is 4.92 Å². The molecule has 1 atom stereocenters. The third-order valence-electron chi connectivity index (χ3n) is 3.11. The highest BCUT2D eigenvalue weighted by molar-refractivity contribution is 5.79. The van der Waals surface area contributed by atoms with Gasteiger partial charge in [-0.05, 0) is 25.8 Å². The molecule has 0 heterocycles. The van der Waals surface area contributed by atoms with Crippen LogP contribution in [0.2, 0.25) is 0 Å². The maximum Gasteiger partial charge on any atom is 0.313 e. The summed E-state index contributed by atoms with van der Waals surface area (Å²) < 4.78 is 5.64. The number of ether oxygens (including phenoxy) is 1. The predicted molar refractivity (Wildman–Crippen MR) is 65.7 cm³/mol. The molecule has 5 heteroatoms. The molecule has 96 valence electrons. The van der Waals surface area contributed by atoms with Gasteiger partial charge in [0, 0.05) is 18.4 Å². The van der Waals surface area contributed by atoms with Gasteiger partial charge in [-0.25, -0.2) is 0 Å². The van der Waals surface area contributed by atoms with Gasteiger partial charge in [-0.1, -0.05) is 12.1 Å². The van der Waals surface area contributed by atoms with Crippen molar-refractivity contribution in [1.29, 1.82) is 0 Å². The standard InChI is InChI=1S/C13H15NO4/c1-9-4-2-7-12(13(9)14(16)17)18-11-6-3-5-10(15)8-11/h2,4,7,11H,3,5-6,8H2,1H3. The predicted octanol–water partition coefficient (Wildman–Crippen LogP) is 2.79. The van der Waals surface area contributed by atoms with E-state index in [1.165, 1.54) is 0 Å². The second kappa shape index (κ2) is 5.16. The molecule has 0 radical (unpaired) electrons. The lowest BCUT2D eigenvalue weighted by Gasteiger charge is -2.22. The van der Waals surface area contributed by atoms with E-state index in [1.807, 2.05) is 0 Å². The van der Waals surface area contributed by atoms with Crippen molar-refractivity contribution in [2.75, 3.05) is 0 Å². The number of nitro benzene ring substituents is 1. The average molecular weight is 249 g/mol. The van der Waals surface area contributed by atoms with Gasteiger partial charge in [0.1, 0.15) is 11.9 Å². The van der Waals surface area contributed by atoms with Crippen molar-refractivity contribution in [3.8, 4) is 5.75 Å². The normalized spacial score (nSPS) is 19.6. The molecule has 1 unspecified atom stereocenters. The topological polar surface area (TPSA) is 69.4 Å². The zero-order valence-electron chi connectivity index (χ0n) is 10.2. The first-order chi connectivity index (χ1) is 8.58. The second-order valence-electron chi connectivity index (χ2n) is 4.55. The maximum absolute atomic E-state index is 11.3. The molecule has 5 nitrogen and oxygen atoms in total. The summed E-state index contributed by atoms with van der Waals surface area (Å²) in [7, 11) is 0. The summed E-state index contributed by atoms with van der Waals surface area (Å²) >= 11 is 0. The van der Waals surface area contributed by atoms with E-state index in [4.69, 9.17) is 4.74 Å². The maximum atomic E-state index is 11.3. The lowest BCUT2D eigenvalue weighted by atomic mass is 9.96. The van der Waals surface area contributed by atoms with Crippen molar-refractivity contribution in [3.63, 3.8) is 0 Å². The molecule has 0 N–H and O–H groups in total. The Morgan fingerprint density at radius 1 is 1.44 bits per heavy atom. The van der Waals surface area contributed by atoms with E-state index in [2.05, 4.69) is 0 Å². The molecule has 18 heavy (non-hydrogen) atoms. The van der Waals surface area contributed by atoms with Crippen molar-refractivity contribution in [2.45, 2.75) is 38.7 Å². The van der Waals surface area contributed by atoms with Crippen molar-refractivity contribution in [2.24, 2.45) is 0 Å². The summed E-state index contributed by atoms with van der Waals surface area (Å²) in [4.78, 5) is 21.9. The van der Waals surface area contributed by atoms with Gasteiger partial charge in [0.25, 0.3) is 0 Å². The first kappa shape index (κ1) is 12.5. The number of carbonyl (C=O) groups excluding carboxylic acids is 1. The number of nitro groups is 1. The van der Waals surface area contributed by atoms with Crippen LogP contribution in [-0.4, -0.2) is 16.8 Å². The zero-order valence-corrected chi connectivity index (χ0v) is 10.2. The number of ketones is 1. The van der Waals surface area contributed by atoms with Crippen LogP contribution in [0.1, 0.15) is 31.2 Å². The number of carbonyl (C=O) groups is 1. The molecule has 0 amide bonds. The average Bonchev–Trinajstić information content (AvgIpc) is 2.28. The molecule has 1 aromatic rings. The number of rotatable bonds is 3. The van der Waals surface area contributed by atoms with E-state index < -0.39 is 4.92 Å². The number of nitrogens with zero attached hydrogens (tertiary/aromatic N) is 1. The molecular weight excluding hydrogens is 234 g/mol. The van der Waals surface area contributed by atoms with Crippen LogP contribution < -0.4 is 4.74 Å². The highest BCUT2D eigenvalue weighted by atomic mass is 16.6. The van der Waals surface area contributed by atoms with E-state index in [0.29, 0.717) is 18.4 Å². The van der Waals surface area contributed by atoms with Gasteiger partial charge in [-0.3, -0.25) is 14.9 Å². The number of hydrogen-bond acceptors (Lipinski definition) is 4. The molecule has 0 aliphatic heterocycles. The Kier molecular flexibility index (Phi) is 3.60. The van der Waals surface area contributed by atoms with Crippen molar-refractivity contribution in [1.82, 2.24) is 0 Å². The molecular formula is C13H15NO4. The number of hydrogen-bond donors (Lipinski definition) is 0. The van der Waals surface area contributed by atoms with Crippen molar-refractivity contribution in [3.05, 3.63) is 33.9 Å². The van der Waals surface area contributed by atoms with Crippen LogP contribution in [0.25, 0.3) is 0 Å². The first-order valence-electron chi connectivity index (χ1n) is 6.00. The van der Waals surface area contributed by atoms with E-state index >= 15 is 0 Å². The van der Waals surface area contributed by atoms with Crippen LogP contribution >= 0.6 is 0 Å². The molecule has 1 saturated carbocycles. The monoisotopic (exact) mass is 249 g/mol. The highest BCUT2D eigenvalue weighted by Crippen LogP contribution is 2.32. The molecule has 0 aromatic heterocycles. The SMILES string of the molecule is Cc1cccc(OC2CCCC(=O)C2)c1[N+](=O)[O-]. The van der Waals surface area contributed by atoms with Crippen LogP contribution in [0.3, 0.4) is 0 Å². The number of benzene rings is 1. The third-order valence-corrected chi connectivity index (χ3v) is 3.11. The molecule has 0 bridgehead atoms. The van der Waals surface area contributed by atoms with E-state index in [9.17, 15) is 14.9 Å². The molecule has 2 rings (SSSR count). The summed E-state index contributed by atoms with van der Waals surface area (Å²) in [6.45, 7) is 1.68. The summed E-state index contributed by atoms with van der Waals surface area (Å²) in [6, 6.07) is 4.99. The molecule has 1 fully saturated rings. The molecule has 1 aromatic carbocycles. The smallest absolute Gasteiger partial charge is 0.313 e. The minimum Gasteiger partial charge on any atom is -0.483 e. The van der Waals surface area contributed by atoms with Gasteiger partial charge in [-0.15, -0.1) is 0 Å². The van der Waals surface area contributed by atoms with E-state index in [-0.39, 0.29) is 23.3 Å². The largest absolute Gasteiger partial charge is 0.483 e. The summed E-state index contributed by atoms with van der Waals surface area (Å²) in [5, 5.41) is 11.0. The Bertz CT molecular complexity index is 484. The fourth-order valence-electron chi connectivity index (χ4n) is 2.23. The van der Waals surface area contributed by atoms with Gasteiger partial charge < -0.3 is 4.74 Å². The van der Waals surface area contributed by atoms with Crippen molar-refractivity contribution < 1.29 is 14.5 Å². The molecule has 1 aliphatic rings. The van der Waals surface area contributed by atoms with Gasteiger partial charge in [0.15, 0.2) is 5.75 Å². The quantitative estimate of drug-likeness (QED) is 0.610. The van der Waals surface area contributed by atoms with Crippen LogP contribution in [0.15, 0.2) is 18.2 Å². The lowest BCUT2D eigenvalue weighted by Crippen LogP contribution is -2.25. The van der Waals surface area contributed by atoms with Crippen molar-refractivity contribution >= 4 is 11.5 Å². The Hall–Kier alpha value is -1.91. The van der Waals surface area contributed by atoms with Gasteiger partial charge in [-0.2, -0.15) is 0 Å². The molecule has 0 spiro atoms. The molecule has 0 saturated heterocycles. The molecule has 1 aliphatic carbocycles. The third kappa shape index (κ3) is 2.67. The Balaban J connectivity index is 2.20. The fourth-order valence-corrected chi connectivity index (χ4v) is 2.23. The minimum absolute atomic E-state index is 0.00415. The summed E-state index contributed by atoms with van der Waals surface area (Å²) in [5.74, 6) is 0.432. The second-order valence-corrected chi connectivity index (χ2v) is 4.55. The first-order valence-corrected chi connectivity index (χ1v) is 6.00. The van der Waals surface area contributed by atoms with Crippen LogP contribution in [-0.2, 0) is 4.79 Å². The van der Waals surface area contributed by atoms with E-state index in [1.54, 1.807) is 25.1 Å².